The maximum atomic E-state index is 13.9. The standard InChI is InChI=1S/C15H22F2N2O2S/c1-11(14-6-5-13(16)8-15(14)17)19-7-3-4-12(10-19)9-18-22(2,20)21/h5-6,8,11-12,18H,3-4,7,9-10H2,1-2H3/t11-,12-/m1/s1. The Hall–Kier alpha value is -1.05. The first kappa shape index (κ1) is 17.3. The third kappa shape index (κ3) is 4.72. The van der Waals surface area contributed by atoms with E-state index < -0.39 is 21.7 Å². The zero-order valence-corrected chi connectivity index (χ0v) is 13.7. The molecule has 1 N–H and O–H groups in total. The number of halogens is 2. The van der Waals surface area contributed by atoms with E-state index in [1.165, 1.54) is 12.1 Å². The van der Waals surface area contributed by atoms with E-state index in [2.05, 4.69) is 9.62 Å². The van der Waals surface area contributed by atoms with Crippen molar-refractivity contribution < 1.29 is 17.2 Å². The first-order valence-electron chi connectivity index (χ1n) is 7.40. The largest absolute Gasteiger partial charge is 0.296 e. The fraction of sp³-hybridized carbons (Fsp3) is 0.600. The second-order valence-electron chi connectivity index (χ2n) is 5.97. The van der Waals surface area contributed by atoms with Crippen LogP contribution in [0.1, 0.15) is 31.4 Å². The van der Waals surface area contributed by atoms with E-state index in [1.807, 2.05) is 6.92 Å². The van der Waals surface area contributed by atoms with Crippen LogP contribution in [0.3, 0.4) is 0 Å². The Labute approximate surface area is 130 Å². The molecule has 0 radical (unpaired) electrons. The van der Waals surface area contributed by atoms with Crippen molar-refractivity contribution in [2.75, 3.05) is 25.9 Å². The summed E-state index contributed by atoms with van der Waals surface area (Å²) >= 11 is 0. The Morgan fingerprint density at radius 3 is 2.77 bits per heavy atom. The van der Waals surface area contributed by atoms with E-state index in [1.54, 1.807) is 0 Å². The molecular weight excluding hydrogens is 310 g/mol. The minimum atomic E-state index is -3.20. The summed E-state index contributed by atoms with van der Waals surface area (Å²) in [5.74, 6) is -0.916. The summed E-state index contributed by atoms with van der Waals surface area (Å²) in [6, 6.07) is 3.48. The van der Waals surface area contributed by atoms with Gasteiger partial charge in [-0.15, -0.1) is 0 Å². The Kier molecular flexibility index (Phi) is 5.52. The van der Waals surface area contributed by atoms with Crippen molar-refractivity contribution in [2.45, 2.75) is 25.8 Å². The Morgan fingerprint density at radius 1 is 1.41 bits per heavy atom. The number of hydrogen-bond acceptors (Lipinski definition) is 3. The monoisotopic (exact) mass is 332 g/mol. The second-order valence-corrected chi connectivity index (χ2v) is 7.80. The van der Waals surface area contributed by atoms with Gasteiger partial charge in [0, 0.05) is 30.8 Å². The maximum Gasteiger partial charge on any atom is 0.208 e. The highest BCUT2D eigenvalue weighted by Crippen LogP contribution is 2.28. The van der Waals surface area contributed by atoms with Crippen LogP contribution in [0.5, 0.6) is 0 Å². The van der Waals surface area contributed by atoms with Crippen LogP contribution in [0.2, 0.25) is 0 Å². The molecule has 1 aliphatic heterocycles. The molecule has 1 saturated heterocycles. The van der Waals surface area contributed by atoms with Crippen molar-refractivity contribution in [3.05, 3.63) is 35.4 Å². The molecule has 0 amide bonds. The van der Waals surface area contributed by atoms with E-state index in [9.17, 15) is 17.2 Å². The smallest absolute Gasteiger partial charge is 0.208 e. The highest BCUT2D eigenvalue weighted by molar-refractivity contribution is 7.88. The first-order chi connectivity index (χ1) is 10.3. The van der Waals surface area contributed by atoms with Crippen molar-refractivity contribution in [2.24, 2.45) is 5.92 Å². The number of sulfonamides is 1. The summed E-state index contributed by atoms with van der Waals surface area (Å²) in [6.45, 7) is 3.81. The fourth-order valence-electron chi connectivity index (χ4n) is 2.92. The predicted molar refractivity (Wildman–Crippen MR) is 81.9 cm³/mol. The van der Waals surface area contributed by atoms with Crippen molar-refractivity contribution in [1.29, 1.82) is 0 Å². The minimum Gasteiger partial charge on any atom is -0.296 e. The molecule has 1 aliphatic rings. The molecule has 7 heteroatoms. The summed E-state index contributed by atoms with van der Waals surface area (Å²) in [5, 5.41) is 0. The van der Waals surface area contributed by atoms with Crippen LogP contribution in [-0.4, -0.2) is 39.2 Å². The lowest BCUT2D eigenvalue weighted by Gasteiger charge is -2.37. The number of nitrogens with one attached hydrogen (secondary N) is 1. The number of nitrogens with zero attached hydrogens (tertiary/aromatic N) is 1. The molecule has 0 bridgehead atoms. The number of benzene rings is 1. The zero-order valence-electron chi connectivity index (χ0n) is 12.9. The van der Waals surface area contributed by atoms with Crippen molar-refractivity contribution in [3.8, 4) is 0 Å². The first-order valence-corrected chi connectivity index (χ1v) is 9.29. The molecule has 4 nitrogen and oxygen atoms in total. The maximum absolute atomic E-state index is 13.9. The molecule has 124 valence electrons. The zero-order chi connectivity index (χ0) is 16.3. The molecule has 1 heterocycles. The van der Waals surface area contributed by atoms with Gasteiger partial charge < -0.3 is 0 Å². The molecular formula is C15H22F2N2O2S. The molecule has 2 atom stereocenters. The highest BCUT2D eigenvalue weighted by Gasteiger charge is 2.26. The van der Waals surface area contributed by atoms with Crippen molar-refractivity contribution in [1.82, 2.24) is 9.62 Å². The van der Waals surface area contributed by atoms with E-state index in [-0.39, 0.29) is 12.0 Å². The van der Waals surface area contributed by atoms with Gasteiger partial charge in [-0.3, -0.25) is 4.90 Å². The van der Waals surface area contributed by atoms with Crippen molar-refractivity contribution in [3.63, 3.8) is 0 Å². The minimum absolute atomic E-state index is 0.165. The molecule has 22 heavy (non-hydrogen) atoms. The Bertz CT molecular complexity index is 622. The summed E-state index contributed by atoms with van der Waals surface area (Å²) in [7, 11) is -3.20. The molecule has 0 aliphatic carbocycles. The van der Waals surface area contributed by atoms with E-state index in [4.69, 9.17) is 0 Å². The van der Waals surface area contributed by atoms with Gasteiger partial charge in [0.25, 0.3) is 0 Å². The van der Waals surface area contributed by atoms with Crippen LogP contribution >= 0.6 is 0 Å². The van der Waals surface area contributed by atoms with Gasteiger partial charge in [-0.25, -0.2) is 21.9 Å². The van der Waals surface area contributed by atoms with Gasteiger partial charge >= 0.3 is 0 Å². The lowest BCUT2D eigenvalue weighted by Crippen LogP contribution is -2.41. The van der Waals surface area contributed by atoms with Crippen LogP contribution in [0.4, 0.5) is 8.78 Å². The molecule has 1 fully saturated rings. The summed E-state index contributed by atoms with van der Waals surface area (Å²) in [5.41, 5.74) is 0.470. The molecule has 2 rings (SSSR count). The average Bonchev–Trinajstić information content (AvgIpc) is 2.44. The van der Waals surface area contributed by atoms with Gasteiger partial charge in [0.1, 0.15) is 11.6 Å². The van der Waals surface area contributed by atoms with Gasteiger partial charge in [-0.05, 0) is 38.3 Å². The Balaban J connectivity index is 2.02. The normalized spacial score (nSPS) is 21.7. The van der Waals surface area contributed by atoms with Gasteiger partial charge in [0.15, 0.2) is 0 Å². The third-order valence-corrected chi connectivity index (χ3v) is 4.84. The van der Waals surface area contributed by atoms with Gasteiger partial charge in [0.2, 0.25) is 10.0 Å². The topological polar surface area (TPSA) is 49.4 Å². The lowest BCUT2D eigenvalue weighted by molar-refractivity contribution is 0.131. The van der Waals surface area contributed by atoms with Gasteiger partial charge in [0.05, 0.1) is 6.26 Å². The van der Waals surface area contributed by atoms with Crippen LogP contribution in [0.15, 0.2) is 18.2 Å². The molecule has 1 aromatic rings. The summed E-state index contributed by atoms with van der Waals surface area (Å²) in [4.78, 5) is 2.12. The van der Waals surface area contributed by atoms with Gasteiger partial charge in [-0.2, -0.15) is 0 Å². The number of rotatable bonds is 5. The SMILES string of the molecule is C[C@H](c1ccc(F)cc1F)N1CCC[C@H](CNS(C)(=O)=O)C1. The summed E-state index contributed by atoms with van der Waals surface area (Å²) in [6.07, 6.45) is 3.02. The molecule has 0 spiro atoms. The van der Waals surface area contributed by atoms with Crippen LogP contribution in [-0.2, 0) is 10.0 Å². The third-order valence-electron chi connectivity index (χ3n) is 4.14. The number of hydrogen-bond donors (Lipinski definition) is 1. The summed E-state index contributed by atoms with van der Waals surface area (Å²) < 4.78 is 51.8. The average molecular weight is 332 g/mol. The van der Waals surface area contributed by atoms with Crippen molar-refractivity contribution >= 4 is 10.0 Å². The van der Waals surface area contributed by atoms with Crippen LogP contribution < -0.4 is 4.72 Å². The molecule has 0 unspecified atom stereocenters. The molecule has 0 aromatic heterocycles. The number of piperidine rings is 1. The second kappa shape index (κ2) is 7.02. The fourth-order valence-corrected chi connectivity index (χ4v) is 3.46. The predicted octanol–water partition coefficient (Wildman–Crippen LogP) is 2.29. The van der Waals surface area contributed by atoms with Crippen LogP contribution in [0.25, 0.3) is 0 Å². The van der Waals surface area contributed by atoms with E-state index in [0.717, 1.165) is 31.7 Å². The molecule has 1 aromatic carbocycles. The highest BCUT2D eigenvalue weighted by atomic mass is 32.2. The molecule has 0 saturated carbocycles. The van der Waals surface area contributed by atoms with E-state index >= 15 is 0 Å². The van der Waals surface area contributed by atoms with Gasteiger partial charge in [-0.1, -0.05) is 6.07 Å². The lowest BCUT2D eigenvalue weighted by atomic mass is 9.95. The van der Waals surface area contributed by atoms with Crippen LogP contribution in [0, 0.1) is 17.6 Å². The number of likely N-dealkylation sites (tertiary alicyclic amines) is 1. The Morgan fingerprint density at radius 2 is 2.14 bits per heavy atom. The van der Waals surface area contributed by atoms with E-state index in [0.29, 0.717) is 18.7 Å². The quantitative estimate of drug-likeness (QED) is 0.900.